The van der Waals surface area contributed by atoms with Gasteiger partial charge in [-0.05, 0) is 44.2 Å². The van der Waals surface area contributed by atoms with Crippen molar-refractivity contribution in [3.05, 3.63) is 29.8 Å². The molecule has 0 spiro atoms. The van der Waals surface area contributed by atoms with E-state index in [-0.39, 0.29) is 12.0 Å². The van der Waals surface area contributed by atoms with E-state index in [0.717, 1.165) is 30.5 Å². The summed E-state index contributed by atoms with van der Waals surface area (Å²) >= 11 is 0. The topological polar surface area (TPSA) is 49.7 Å². The first-order valence-corrected chi connectivity index (χ1v) is 9.54. The largest absolute Gasteiger partial charge is 0.279 e. The zero-order valence-electron chi connectivity index (χ0n) is 13.5. The minimum atomic E-state index is -3.56. The van der Waals surface area contributed by atoms with Crippen molar-refractivity contribution in [2.75, 3.05) is 0 Å². The second kappa shape index (κ2) is 5.69. The summed E-state index contributed by atoms with van der Waals surface area (Å²) < 4.78 is 27.5. The molecule has 0 saturated heterocycles. The van der Waals surface area contributed by atoms with E-state index >= 15 is 0 Å². The van der Waals surface area contributed by atoms with Crippen molar-refractivity contribution in [3.8, 4) is 0 Å². The molecule has 1 aliphatic carbocycles. The van der Waals surface area contributed by atoms with Crippen LogP contribution in [-0.4, -0.2) is 24.6 Å². The Bertz CT molecular complexity index is 677. The maximum atomic E-state index is 13.0. The summed E-state index contributed by atoms with van der Waals surface area (Å²) in [7, 11) is -3.56. The highest BCUT2D eigenvalue weighted by Gasteiger charge is 2.45. The highest BCUT2D eigenvalue weighted by atomic mass is 32.2. The molecule has 0 unspecified atom stereocenters. The molecule has 1 saturated carbocycles. The standard InChI is InChI=1S/C17H24N2O2S/c1-12(2)17-15-6-4-5-7-16(15)18-19(17)22(20,21)14-10-8-13(3)9-11-14/h8-12,15,17H,4-7H2,1-3H3/t15-,17+/m0/s1. The SMILES string of the molecule is Cc1ccc(S(=O)(=O)N2N=C3CCCC[C@@H]3[C@H]2C(C)C)cc1. The first-order valence-electron chi connectivity index (χ1n) is 8.10. The lowest BCUT2D eigenvalue weighted by Gasteiger charge is -2.31. The highest BCUT2D eigenvalue weighted by molar-refractivity contribution is 7.89. The second-order valence-electron chi connectivity index (χ2n) is 6.77. The number of rotatable bonds is 3. The van der Waals surface area contributed by atoms with Gasteiger partial charge in [0.15, 0.2) is 0 Å². The van der Waals surface area contributed by atoms with Crippen molar-refractivity contribution >= 4 is 15.7 Å². The van der Waals surface area contributed by atoms with Crippen molar-refractivity contribution in [2.24, 2.45) is 16.9 Å². The van der Waals surface area contributed by atoms with E-state index in [1.807, 2.05) is 19.1 Å². The van der Waals surface area contributed by atoms with E-state index in [0.29, 0.717) is 10.8 Å². The Morgan fingerprint density at radius 3 is 2.50 bits per heavy atom. The molecule has 0 radical (unpaired) electrons. The summed E-state index contributed by atoms with van der Waals surface area (Å²) in [5.74, 6) is 0.554. The lowest BCUT2D eigenvalue weighted by molar-refractivity contribution is 0.239. The van der Waals surface area contributed by atoms with Crippen LogP contribution in [0.15, 0.2) is 34.3 Å². The fraction of sp³-hybridized carbons (Fsp3) is 0.588. The lowest BCUT2D eigenvalue weighted by atomic mass is 9.79. The number of benzene rings is 1. The third-order valence-corrected chi connectivity index (χ3v) is 6.45. The Balaban J connectivity index is 2.01. The second-order valence-corrected chi connectivity index (χ2v) is 8.56. The molecule has 1 heterocycles. The summed E-state index contributed by atoms with van der Waals surface area (Å²) in [5, 5.41) is 4.55. The predicted octanol–water partition coefficient (Wildman–Crippen LogP) is 3.57. The molecule has 22 heavy (non-hydrogen) atoms. The van der Waals surface area contributed by atoms with E-state index in [4.69, 9.17) is 0 Å². The van der Waals surface area contributed by atoms with E-state index in [2.05, 4.69) is 18.9 Å². The number of sulfonamides is 1. The molecule has 2 aliphatic rings. The van der Waals surface area contributed by atoms with Crippen LogP contribution in [0.25, 0.3) is 0 Å². The summed E-state index contributed by atoms with van der Waals surface area (Å²) in [6, 6.07) is 7.01. The zero-order chi connectivity index (χ0) is 15.9. The van der Waals surface area contributed by atoms with Crippen LogP contribution in [0.1, 0.15) is 45.1 Å². The van der Waals surface area contributed by atoms with Crippen LogP contribution in [0, 0.1) is 18.8 Å². The number of hydrazone groups is 1. The normalized spacial score (nSPS) is 25.3. The minimum absolute atomic E-state index is 0.0402. The quantitative estimate of drug-likeness (QED) is 0.855. The number of aryl methyl sites for hydroxylation is 1. The molecule has 4 nitrogen and oxygen atoms in total. The molecular weight excluding hydrogens is 296 g/mol. The van der Waals surface area contributed by atoms with Gasteiger partial charge >= 0.3 is 0 Å². The fourth-order valence-electron chi connectivity index (χ4n) is 3.61. The van der Waals surface area contributed by atoms with Crippen LogP contribution in [0.5, 0.6) is 0 Å². The molecule has 0 aromatic heterocycles. The Kier molecular flexibility index (Phi) is 4.02. The average molecular weight is 320 g/mol. The predicted molar refractivity (Wildman–Crippen MR) is 88.2 cm³/mol. The van der Waals surface area contributed by atoms with E-state index in [9.17, 15) is 8.42 Å². The molecule has 1 aliphatic heterocycles. The third kappa shape index (κ3) is 2.56. The van der Waals surface area contributed by atoms with Crippen molar-refractivity contribution < 1.29 is 8.42 Å². The van der Waals surface area contributed by atoms with Crippen molar-refractivity contribution in [1.29, 1.82) is 0 Å². The van der Waals surface area contributed by atoms with Crippen LogP contribution < -0.4 is 0 Å². The van der Waals surface area contributed by atoms with Gasteiger partial charge in [0.1, 0.15) is 0 Å². The Morgan fingerprint density at radius 2 is 1.86 bits per heavy atom. The van der Waals surface area contributed by atoms with Crippen molar-refractivity contribution in [2.45, 2.75) is 57.4 Å². The molecule has 0 amide bonds. The monoisotopic (exact) mass is 320 g/mol. The van der Waals surface area contributed by atoms with Crippen molar-refractivity contribution in [3.63, 3.8) is 0 Å². The summed E-state index contributed by atoms with van der Waals surface area (Å²) in [4.78, 5) is 0.340. The maximum Gasteiger partial charge on any atom is 0.279 e. The lowest BCUT2D eigenvalue weighted by Crippen LogP contribution is -2.41. The molecule has 1 fully saturated rings. The minimum Gasteiger partial charge on any atom is -0.200 e. The Labute approximate surface area is 133 Å². The van der Waals surface area contributed by atoms with Gasteiger partial charge in [-0.3, -0.25) is 0 Å². The van der Waals surface area contributed by atoms with Gasteiger partial charge in [-0.25, -0.2) is 0 Å². The van der Waals surface area contributed by atoms with Gasteiger partial charge in [-0.15, -0.1) is 0 Å². The van der Waals surface area contributed by atoms with E-state index in [1.54, 1.807) is 12.1 Å². The molecule has 0 N–H and O–H groups in total. The van der Waals surface area contributed by atoms with Gasteiger partial charge in [0.2, 0.25) is 0 Å². The molecule has 1 aromatic carbocycles. The number of hydrogen-bond donors (Lipinski definition) is 0. The molecule has 2 atom stereocenters. The van der Waals surface area contributed by atoms with Crippen LogP contribution >= 0.6 is 0 Å². The van der Waals surface area contributed by atoms with Crippen LogP contribution in [0.4, 0.5) is 0 Å². The Morgan fingerprint density at radius 1 is 1.18 bits per heavy atom. The van der Waals surface area contributed by atoms with Gasteiger partial charge < -0.3 is 0 Å². The summed E-state index contributed by atoms with van der Waals surface area (Å²) in [6.45, 7) is 6.14. The van der Waals surface area contributed by atoms with Gasteiger partial charge in [0.05, 0.1) is 10.9 Å². The van der Waals surface area contributed by atoms with Crippen LogP contribution in [0.2, 0.25) is 0 Å². The summed E-state index contributed by atoms with van der Waals surface area (Å²) in [6.07, 6.45) is 4.29. The molecule has 0 bridgehead atoms. The first-order chi connectivity index (χ1) is 10.4. The third-order valence-electron chi connectivity index (χ3n) is 4.77. The molecular formula is C17H24N2O2S. The summed E-state index contributed by atoms with van der Waals surface area (Å²) in [5.41, 5.74) is 2.14. The van der Waals surface area contributed by atoms with E-state index in [1.165, 1.54) is 10.8 Å². The van der Waals surface area contributed by atoms with Gasteiger partial charge in [0.25, 0.3) is 10.0 Å². The average Bonchev–Trinajstić information content (AvgIpc) is 2.88. The molecule has 5 heteroatoms. The fourth-order valence-corrected chi connectivity index (χ4v) is 5.23. The number of fused-ring (bicyclic) bond motifs is 1. The number of hydrogen-bond acceptors (Lipinski definition) is 3. The zero-order valence-corrected chi connectivity index (χ0v) is 14.3. The van der Waals surface area contributed by atoms with Crippen molar-refractivity contribution in [1.82, 2.24) is 4.41 Å². The van der Waals surface area contributed by atoms with E-state index < -0.39 is 10.0 Å². The maximum absolute atomic E-state index is 13.0. The molecule has 3 rings (SSSR count). The first kappa shape index (κ1) is 15.5. The van der Waals surface area contributed by atoms with Crippen LogP contribution in [-0.2, 0) is 10.0 Å². The number of nitrogens with zero attached hydrogens (tertiary/aromatic N) is 2. The highest BCUT2D eigenvalue weighted by Crippen LogP contribution is 2.39. The smallest absolute Gasteiger partial charge is 0.200 e. The van der Waals surface area contributed by atoms with Gasteiger partial charge in [-0.2, -0.15) is 17.9 Å². The Hall–Kier alpha value is -1.36. The molecule has 120 valence electrons. The van der Waals surface area contributed by atoms with Gasteiger partial charge in [-0.1, -0.05) is 38.0 Å². The van der Waals surface area contributed by atoms with Gasteiger partial charge in [0, 0.05) is 11.6 Å². The van der Waals surface area contributed by atoms with Crippen LogP contribution in [0.3, 0.4) is 0 Å². The molecule has 1 aromatic rings.